The Kier molecular flexibility index (Phi) is 1320. The SMILES string of the molecule is CCC(=O)Cl.CCC(=O)Cl.CCC([NH-])=O.CCC([NH-])=O.CCC([NH-])=O.[CH-]=CP.[CH-]=CP.[CH-]=CP.[CH-]=CP.[CH-]=CP.[CH-]=CP.[CH-]=CP.[CH-]=CP.[CH-]=CP.[CH-]=CP.[CH3-].[CH3-].[CH3-].[CH3-].[NH2-].[NH2-].[NH2-].[V+2].[V+2].[V+2].[V+2].[V+2].[V+2].[V+2].[V+2].[V+2].[V+2].[W].[W].[W].[W].[W]. The molecule has 77 heavy (non-hydrogen) atoms. The number of amides is 3. The molecule has 3 amide bonds. The fraction of sp³-hybridized carbons (Fsp3) is 0.256. The summed E-state index contributed by atoms with van der Waals surface area (Å²) < 4.78 is 0. The predicted octanol–water partition coefficient (Wildman–Crippen LogP) is 17.2. The number of nitrogens with two attached hydrogens (primary N) is 3. The van der Waals surface area contributed by atoms with Crippen LogP contribution in [0.2, 0.25) is 0 Å². The number of carbonyl (C=O) groups is 5. The number of hydrogen-bond donors (Lipinski definition) is 0. The summed E-state index contributed by atoms with van der Waals surface area (Å²) in [5.41, 5.74) is 18.6. The second-order valence-corrected chi connectivity index (χ2v) is 10.4. The van der Waals surface area contributed by atoms with Crippen LogP contribution in [0.5, 0.6) is 0 Å². The van der Waals surface area contributed by atoms with E-state index in [0.29, 0.717) is 32.1 Å². The number of halogens is 2. The minimum absolute atomic E-state index is 0. The average molecular weight is 2530 g/mol. The second-order valence-electron chi connectivity index (χ2n) is 5.67. The van der Waals surface area contributed by atoms with Crippen molar-refractivity contribution in [2.24, 2.45) is 0 Å². The molecule has 0 aliphatic rings. The number of hydrogen-bond acceptors (Lipinski definition) is 5. The monoisotopic (exact) mass is 2530 g/mol. The van der Waals surface area contributed by atoms with Crippen molar-refractivity contribution in [3.05, 3.63) is 189 Å². The van der Waals surface area contributed by atoms with E-state index in [1.807, 2.05) is 0 Å². The first-order valence-corrected chi connectivity index (χ1v) is 21.5. The van der Waals surface area contributed by atoms with E-state index < -0.39 is 17.7 Å². The molecule has 0 aromatic carbocycles. The molecule has 9 N–H and O–H groups in total. The molecule has 0 saturated carbocycles. The van der Waals surface area contributed by atoms with E-state index in [4.69, 9.17) is 40.4 Å². The summed E-state index contributed by atoms with van der Waals surface area (Å²) in [4.78, 5) is 47.6. The maximum atomic E-state index is 9.58. The number of carbonyl (C=O) groups excluding carboxylic acids is 5. The van der Waals surface area contributed by atoms with Crippen molar-refractivity contribution in [3.63, 3.8) is 0 Å². The van der Waals surface area contributed by atoms with Gasteiger partial charge in [-0.25, -0.2) is 0 Å². The van der Waals surface area contributed by atoms with Gasteiger partial charge in [0.05, 0.1) is 0 Å². The van der Waals surface area contributed by atoms with E-state index in [9.17, 15) is 24.0 Å². The van der Waals surface area contributed by atoms with E-state index in [0.717, 1.165) is 0 Å². The summed E-state index contributed by atoms with van der Waals surface area (Å²) in [6.07, 6.45) is 1.86. The maximum Gasteiger partial charge on any atom is 2.00 e. The van der Waals surface area contributed by atoms with Gasteiger partial charge in [0.15, 0.2) is 0 Å². The third kappa shape index (κ3) is 1600. The van der Waals surface area contributed by atoms with Crippen molar-refractivity contribution < 1.29 is 315 Å². The van der Waals surface area contributed by atoms with Crippen LogP contribution >= 0.6 is 116 Å². The van der Waals surface area contributed by atoms with Crippen molar-refractivity contribution >= 4 is 144 Å². The summed E-state index contributed by atoms with van der Waals surface area (Å²) in [6, 6.07) is 0. The standard InChI is InChI=1S/2C3H5ClO.3C3H7NO.10C2H4P.4CH3.3H2N.10V.5W/c5*1-2-3(4)5;10*1-2-3;;;;;;;;;;;;;;;;;;;;;;/h2*2H2,1H3;3*2H2,1H3,(H2,4,5);10*1-2H,3H2;4*1H3;3*1H2;;;;;;;;;;;;;;;/q;;;;;17*-1;10*+2;;;;;/p-3. The zero-order chi connectivity index (χ0) is 48.5. The molecule has 11 nitrogen and oxygen atoms in total. The van der Waals surface area contributed by atoms with Gasteiger partial charge in [-0.15, -0.1) is 0 Å². The molecule has 38 heteroatoms. The largest absolute Gasteiger partial charge is 2.00 e. The minimum atomic E-state index is -0.495. The van der Waals surface area contributed by atoms with Gasteiger partial charge in [0.25, 0.3) is 0 Å². The molecule has 0 heterocycles. The summed E-state index contributed by atoms with van der Waals surface area (Å²) in [5, 5.41) is -0.546. The molecular weight excluding hydrogens is 2440 g/mol. The van der Waals surface area contributed by atoms with Crippen LogP contribution in [-0.4, -0.2) is 28.2 Å². The number of rotatable bonds is 5. The molecule has 10 radical (unpaired) electrons. The molecule has 0 bridgehead atoms. The number of nitrogens with one attached hydrogen (secondary N) is 3. The fourth-order valence-electron chi connectivity index (χ4n) is 0. The van der Waals surface area contributed by atoms with Crippen molar-refractivity contribution in [2.45, 2.75) is 66.7 Å². The van der Waals surface area contributed by atoms with Gasteiger partial charge < -0.3 is 146 Å². The zero-order valence-electron chi connectivity index (χ0n) is 44.9. The molecule has 0 aromatic rings. The van der Waals surface area contributed by atoms with Crippen LogP contribution in [0.25, 0.3) is 35.7 Å². The van der Waals surface area contributed by atoms with Crippen LogP contribution < -0.4 is 0 Å². The van der Waals surface area contributed by atoms with Crippen molar-refractivity contribution in [1.82, 2.24) is 0 Å². The summed E-state index contributed by atoms with van der Waals surface area (Å²) in [6.45, 7) is 55.3. The van der Waals surface area contributed by atoms with Gasteiger partial charge in [-0.05, 0) is 42.5 Å². The molecule has 446 valence electrons. The minimum Gasteiger partial charge on any atom is -0.693 e. The molecular formula is C39H86Cl2N6O5P10V10W5. The second kappa shape index (κ2) is 393. The van der Waals surface area contributed by atoms with E-state index in [1.54, 1.807) is 34.6 Å². The Morgan fingerprint density at radius 2 is 0.325 bits per heavy atom. The summed E-state index contributed by atoms with van der Waals surface area (Å²) in [5.74, 6) is 12.7. The summed E-state index contributed by atoms with van der Waals surface area (Å²) >= 11 is 9.65. The van der Waals surface area contributed by atoms with Gasteiger partial charge in [-0.2, -0.15) is 92.4 Å². The van der Waals surface area contributed by atoms with E-state index in [-0.39, 0.29) is 350 Å². The topological polar surface area (TPSA) is 257 Å². The van der Waals surface area contributed by atoms with Crippen molar-refractivity contribution in [3.8, 4) is 0 Å². The third-order valence-electron chi connectivity index (χ3n) is 1.52. The van der Waals surface area contributed by atoms with Crippen LogP contribution in [0, 0.1) is 95.5 Å². The Morgan fingerprint density at radius 1 is 0.299 bits per heavy atom. The molecule has 0 rings (SSSR count). The molecule has 0 saturated heterocycles. The Hall–Kier alpha value is 9.20. The Morgan fingerprint density at radius 3 is 0.325 bits per heavy atom. The first kappa shape index (κ1) is 259. The van der Waals surface area contributed by atoms with E-state index in [1.165, 1.54) is 58.2 Å². The summed E-state index contributed by atoms with van der Waals surface area (Å²) in [7, 11) is 22.3. The maximum absolute atomic E-state index is 9.58. The van der Waals surface area contributed by atoms with E-state index in [2.05, 4.69) is 158 Å². The average Bonchev–Trinajstić information content (AvgIpc) is 3.09. The fourth-order valence-corrected chi connectivity index (χ4v) is 0. The van der Waals surface area contributed by atoms with Crippen LogP contribution in [-0.2, 0) is 315 Å². The molecule has 0 spiro atoms. The molecule has 10 atom stereocenters. The molecule has 0 fully saturated rings. The zero-order valence-corrected chi connectivity index (χ0v) is 86.6. The molecule has 0 aromatic heterocycles. The Bertz CT molecular complexity index is 731. The normalized spacial score (nSPS) is 4.12. The van der Waals surface area contributed by atoms with Gasteiger partial charge in [0, 0.05) is 136 Å². The van der Waals surface area contributed by atoms with Crippen molar-refractivity contribution in [1.29, 1.82) is 0 Å². The van der Waals surface area contributed by atoms with E-state index >= 15 is 0 Å². The van der Waals surface area contributed by atoms with Crippen LogP contribution in [0.3, 0.4) is 0 Å². The molecule has 0 aliphatic carbocycles. The first-order chi connectivity index (χ1) is 25.5. The quantitative estimate of drug-likeness (QED) is 0.147. The Balaban J connectivity index is -0.00000000626. The van der Waals surface area contributed by atoms with Crippen LogP contribution in [0.1, 0.15) is 66.7 Å². The first-order valence-electron chi connectivity index (χ1n) is 14.1. The molecule has 0 aliphatic heterocycles. The van der Waals surface area contributed by atoms with Gasteiger partial charge in [-0.1, -0.05) is 34.6 Å². The van der Waals surface area contributed by atoms with Gasteiger partial charge in [0.2, 0.25) is 10.5 Å². The van der Waals surface area contributed by atoms with Crippen LogP contribution in [0.4, 0.5) is 0 Å². The van der Waals surface area contributed by atoms with Gasteiger partial charge in [-0.3, -0.25) is 67.8 Å². The van der Waals surface area contributed by atoms with Crippen molar-refractivity contribution in [2.75, 3.05) is 0 Å². The molecule has 10 unspecified atom stereocenters. The Labute approximate surface area is 703 Å². The third-order valence-corrected chi connectivity index (χ3v) is 2.05. The van der Waals surface area contributed by atoms with Crippen LogP contribution in [0.15, 0.2) is 58.2 Å². The predicted molar refractivity (Wildman–Crippen MR) is 328 cm³/mol. The van der Waals surface area contributed by atoms with Gasteiger partial charge >= 0.3 is 186 Å². The van der Waals surface area contributed by atoms with Gasteiger partial charge in [0.1, 0.15) is 0 Å². The smallest absolute Gasteiger partial charge is 0.693 e.